The minimum absolute atomic E-state index is 0.788. The lowest BCUT2D eigenvalue weighted by Gasteiger charge is -1.97. The molecule has 3 rings (SSSR count). The summed E-state index contributed by atoms with van der Waals surface area (Å²) in [5, 5.41) is 7.06. The van der Waals surface area contributed by atoms with Gasteiger partial charge >= 0.3 is 0 Å². The minimum atomic E-state index is 0.788. The summed E-state index contributed by atoms with van der Waals surface area (Å²) in [6.07, 6.45) is 3.87. The van der Waals surface area contributed by atoms with Crippen LogP contribution in [0.3, 0.4) is 0 Å². The lowest BCUT2D eigenvalue weighted by Crippen LogP contribution is -1.90. The molecule has 3 nitrogen and oxygen atoms in total. The van der Waals surface area contributed by atoms with E-state index in [2.05, 4.69) is 46.0 Å². The molecular weight excluding hydrogens is 310 g/mol. The first-order chi connectivity index (χ1) is 10.8. The summed E-state index contributed by atoms with van der Waals surface area (Å²) in [4.78, 5) is 5.78. The molecule has 0 aliphatic carbocycles. The average molecular weight is 325 g/mol. The maximum atomic E-state index is 4.53. The molecule has 5 heteroatoms. The molecule has 0 atom stereocenters. The van der Waals surface area contributed by atoms with E-state index in [4.69, 9.17) is 0 Å². The highest BCUT2D eigenvalue weighted by atomic mass is 32.2. The number of nitrogens with zero attached hydrogens (tertiary/aromatic N) is 2. The second-order valence-electron chi connectivity index (χ2n) is 4.55. The van der Waals surface area contributed by atoms with Gasteiger partial charge in [-0.3, -0.25) is 5.43 Å². The van der Waals surface area contributed by atoms with Gasteiger partial charge in [-0.2, -0.15) is 5.10 Å². The number of anilines is 1. The predicted molar refractivity (Wildman–Crippen MR) is 97.0 cm³/mol. The summed E-state index contributed by atoms with van der Waals surface area (Å²) in [7, 11) is 0. The van der Waals surface area contributed by atoms with Gasteiger partial charge in [0.1, 0.15) is 0 Å². The van der Waals surface area contributed by atoms with Crippen LogP contribution < -0.4 is 5.43 Å². The summed E-state index contributed by atoms with van der Waals surface area (Å²) >= 11 is 3.28. The third-order valence-corrected chi connectivity index (χ3v) is 4.55. The number of nitrogens with one attached hydrogen (secondary N) is 1. The van der Waals surface area contributed by atoms with Gasteiger partial charge in [0.15, 0.2) is 0 Å². The van der Waals surface area contributed by atoms with Crippen molar-refractivity contribution >= 4 is 34.4 Å². The number of thiazole rings is 1. The molecule has 1 heterocycles. The number of rotatable bonds is 5. The Morgan fingerprint density at radius 3 is 2.59 bits per heavy atom. The number of hydrogen-bond donors (Lipinski definition) is 1. The SMILES string of the molecule is CSc1ccc(/C=N\Nc2nc(-c3ccccc3)cs2)cc1. The van der Waals surface area contributed by atoms with E-state index in [9.17, 15) is 0 Å². The number of hydrogen-bond acceptors (Lipinski definition) is 5. The Labute approximate surface area is 138 Å². The lowest BCUT2D eigenvalue weighted by atomic mass is 10.2. The van der Waals surface area contributed by atoms with Crippen LogP contribution in [0.4, 0.5) is 5.13 Å². The third kappa shape index (κ3) is 3.75. The summed E-state index contributed by atoms with van der Waals surface area (Å²) in [6, 6.07) is 18.4. The van der Waals surface area contributed by atoms with Crippen molar-refractivity contribution in [1.29, 1.82) is 0 Å². The van der Waals surface area contributed by atoms with Crippen molar-refractivity contribution in [2.45, 2.75) is 4.90 Å². The second-order valence-corrected chi connectivity index (χ2v) is 6.28. The molecule has 0 spiro atoms. The summed E-state index contributed by atoms with van der Waals surface area (Å²) in [6.45, 7) is 0. The Balaban J connectivity index is 1.64. The third-order valence-electron chi connectivity index (χ3n) is 3.06. The minimum Gasteiger partial charge on any atom is -0.253 e. The molecule has 0 aliphatic rings. The first kappa shape index (κ1) is 14.8. The molecule has 2 aromatic carbocycles. The van der Waals surface area contributed by atoms with Crippen LogP contribution >= 0.6 is 23.1 Å². The molecule has 110 valence electrons. The maximum Gasteiger partial charge on any atom is 0.203 e. The average Bonchev–Trinajstić information content (AvgIpc) is 3.05. The van der Waals surface area contributed by atoms with E-state index < -0.39 is 0 Å². The Kier molecular flexibility index (Phi) is 4.88. The van der Waals surface area contributed by atoms with E-state index in [0.29, 0.717) is 0 Å². The molecule has 0 fully saturated rings. The Bertz CT molecular complexity index is 749. The van der Waals surface area contributed by atoms with E-state index in [1.165, 1.54) is 4.90 Å². The van der Waals surface area contributed by atoms with Crippen molar-refractivity contribution in [3.63, 3.8) is 0 Å². The van der Waals surface area contributed by atoms with Gasteiger partial charge in [-0.25, -0.2) is 4.98 Å². The van der Waals surface area contributed by atoms with Gasteiger partial charge in [-0.1, -0.05) is 42.5 Å². The van der Waals surface area contributed by atoms with Gasteiger partial charge in [0.2, 0.25) is 5.13 Å². The molecular formula is C17H15N3S2. The largest absolute Gasteiger partial charge is 0.253 e. The number of thioether (sulfide) groups is 1. The molecule has 0 unspecified atom stereocenters. The van der Waals surface area contributed by atoms with Crippen LogP contribution in [0.25, 0.3) is 11.3 Å². The van der Waals surface area contributed by atoms with Gasteiger partial charge in [0.25, 0.3) is 0 Å². The monoisotopic (exact) mass is 325 g/mol. The van der Waals surface area contributed by atoms with Gasteiger partial charge in [0.05, 0.1) is 11.9 Å². The number of benzene rings is 2. The number of hydrazone groups is 1. The Hall–Kier alpha value is -2.11. The van der Waals surface area contributed by atoms with Crippen molar-refractivity contribution in [1.82, 2.24) is 4.98 Å². The topological polar surface area (TPSA) is 37.3 Å². The molecule has 0 bridgehead atoms. The zero-order valence-corrected chi connectivity index (χ0v) is 13.7. The van der Waals surface area contributed by atoms with Gasteiger partial charge in [-0.05, 0) is 24.0 Å². The van der Waals surface area contributed by atoms with Crippen molar-refractivity contribution in [2.24, 2.45) is 5.10 Å². The fraction of sp³-hybridized carbons (Fsp3) is 0.0588. The van der Waals surface area contributed by atoms with Crippen LogP contribution in [0.15, 0.2) is 70.0 Å². The van der Waals surface area contributed by atoms with Crippen molar-refractivity contribution in [3.05, 3.63) is 65.5 Å². The zero-order valence-electron chi connectivity index (χ0n) is 12.1. The molecule has 3 aromatic rings. The quantitative estimate of drug-likeness (QED) is 0.408. The van der Waals surface area contributed by atoms with Gasteiger partial charge in [-0.15, -0.1) is 23.1 Å². The normalized spacial score (nSPS) is 11.0. The summed E-state index contributed by atoms with van der Waals surface area (Å²) in [5.41, 5.74) is 6.12. The second kappa shape index (κ2) is 7.24. The molecule has 0 aliphatic heterocycles. The van der Waals surface area contributed by atoms with Crippen LogP contribution in [0.2, 0.25) is 0 Å². The van der Waals surface area contributed by atoms with E-state index in [1.807, 2.05) is 35.7 Å². The van der Waals surface area contributed by atoms with E-state index in [-0.39, 0.29) is 0 Å². The summed E-state index contributed by atoms with van der Waals surface area (Å²) in [5.74, 6) is 0. The highest BCUT2D eigenvalue weighted by molar-refractivity contribution is 7.98. The first-order valence-electron chi connectivity index (χ1n) is 6.79. The first-order valence-corrected chi connectivity index (χ1v) is 8.90. The predicted octanol–water partition coefficient (Wildman–Crippen LogP) is 4.98. The van der Waals surface area contributed by atoms with E-state index >= 15 is 0 Å². The highest BCUT2D eigenvalue weighted by Gasteiger charge is 2.02. The fourth-order valence-electron chi connectivity index (χ4n) is 1.92. The van der Waals surface area contributed by atoms with Gasteiger partial charge < -0.3 is 0 Å². The Morgan fingerprint density at radius 2 is 1.86 bits per heavy atom. The zero-order chi connectivity index (χ0) is 15.2. The van der Waals surface area contributed by atoms with Crippen molar-refractivity contribution in [2.75, 3.05) is 11.7 Å². The van der Waals surface area contributed by atoms with Crippen molar-refractivity contribution < 1.29 is 0 Å². The van der Waals surface area contributed by atoms with Crippen LogP contribution in [0.5, 0.6) is 0 Å². The van der Waals surface area contributed by atoms with E-state index in [1.54, 1.807) is 29.3 Å². The smallest absolute Gasteiger partial charge is 0.203 e. The fourth-order valence-corrected chi connectivity index (χ4v) is 3.00. The lowest BCUT2D eigenvalue weighted by molar-refractivity contribution is 1.29. The van der Waals surface area contributed by atoms with Crippen LogP contribution in [-0.2, 0) is 0 Å². The molecule has 0 amide bonds. The molecule has 0 saturated carbocycles. The molecule has 0 radical (unpaired) electrons. The number of aromatic nitrogens is 1. The van der Waals surface area contributed by atoms with Gasteiger partial charge in [0, 0.05) is 15.8 Å². The van der Waals surface area contributed by atoms with Crippen LogP contribution in [0.1, 0.15) is 5.56 Å². The standard InChI is InChI=1S/C17H15N3S2/c1-21-15-9-7-13(8-10-15)11-18-20-17-19-16(12-22-17)14-5-3-2-4-6-14/h2-12H,1H3,(H,19,20)/b18-11-. The van der Waals surface area contributed by atoms with E-state index in [0.717, 1.165) is 22.0 Å². The van der Waals surface area contributed by atoms with Crippen LogP contribution in [0, 0.1) is 0 Å². The van der Waals surface area contributed by atoms with Crippen molar-refractivity contribution in [3.8, 4) is 11.3 Å². The molecule has 22 heavy (non-hydrogen) atoms. The maximum absolute atomic E-state index is 4.53. The molecule has 0 saturated heterocycles. The van der Waals surface area contributed by atoms with Crippen LogP contribution in [-0.4, -0.2) is 17.5 Å². The molecule has 1 aromatic heterocycles. The summed E-state index contributed by atoms with van der Waals surface area (Å²) < 4.78 is 0. The molecule has 1 N–H and O–H groups in total. The Morgan fingerprint density at radius 1 is 1.09 bits per heavy atom. The highest BCUT2D eigenvalue weighted by Crippen LogP contribution is 2.24.